The molecule has 6 nitrogen and oxygen atoms in total. The second-order valence-electron chi connectivity index (χ2n) is 3.86. The molecule has 0 fully saturated rings. The highest BCUT2D eigenvalue weighted by atomic mass is 32.2. The van der Waals surface area contributed by atoms with Gasteiger partial charge in [0.25, 0.3) is 0 Å². The molecule has 1 heterocycles. The van der Waals surface area contributed by atoms with Crippen molar-refractivity contribution in [2.45, 2.75) is 11.1 Å². The highest BCUT2D eigenvalue weighted by Gasteiger charge is 2.10. The average molecular weight is 280 g/mol. The van der Waals surface area contributed by atoms with Crippen LogP contribution in [-0.2, 0) is 0 Å². The van der Waals surface area contributed by atoms with E-state index in [0.29, 0.717) is 16.3 Å². The number of benzene rings is 1. The summed E-state index contributed by atoms with van der Waals surface area (Å²) < 4.78 is 0. The zero-order valence-electron chi connectivity index (χ0n) is 9.85. The summed E-state index contributed by atoms with van der Waals surface area (Å²) >= 11 is 1.29. The molecule has 0 bridgehead atoms. The van der Waals surface area contributed by atoms with Crippen molar-refractivity contribution in [2.75, 3.05) is 12.4 Å². The number of fused-ring (bicyclic) bond motifs is 1. The van der Waals surface area contributed by atoms with Crippen molar-refractivity contribution in [3.05, 3.63) is 30.1 Å². The molecular weight excluding hydrogens is 268 g/mol. The fourth-order valence-electron chi connectivity index (χ4n) is 1.51. The van der Waals surface area contributed by atoms with Gasteiger partial charge in [-0.15, -0.1) is 11.8 Å². The van der Waals surface area contributed by atoms with Crippen LogP contribution in [0, 0.1) is 0 Å². The summed E-state index contributed by atoms with van der Waals surface area (Å²) in [6.45, 7) is -0.306. The molecule has 0 aliphatic rings. The molecule has 0 radical (unpaired) electrons. The van der Waals surface area contributed by atoms with Gasteiger partial charge in [-0.2, -0.15) is 0 Å². The second-order valence-corrected chi connectivity index (χ2v) is 4.87. The molecule has 1 aromatic heterocycles. The summed E-state index contributed by atoms with van der Waals surface area (Å²) in [7, 11) is 0. The van der Waals surface area contributed by atoms with E-state index in [0.717, 1.165) is 5.39 Å². The summed E-state index contributed by atoms with van der Waals surface area (Å²) in [6, 6.07) is 4.61. The fraction of sp³-hybridized carbons (Fsp3) is 0.250. The smallest absolute Gasteiger partial charge is 0.335 e. The summed E-state index contributed by atoms with van der Waals surface area (Å²) in [5, 5.41) is 28.4. The maximum atomic E-state index is 10.9. The number of aromatic carboxylic acids is 1. The van der Waals surface area contributed by atoms with Crippen molar-refractivity contribution in [3.8, 4) is 0 Å². The zero-order chi connectivity index (χ0) is 13.8. The van der Waals surface area contributed by atoms with Crippen LogP contribution in [0.3, 0.4) is 0 Å². The lowest BCUT2D eigenvalue weighted by Gasteiger charge is -2.08. The van der Waals surface area contributed by atoms with Gasteiger partial charge < -0.3 is 15.3 Å². The number of nitrogens with zero attached hydrogens (tertiary/aromatic N) is 2. The molecule has 0 saturated heterocycles. The lowest BCUT2D eigenvalue weighted by atomic mass is 10.1. The maximum absolute atomic E-state index is 10.9. The maximum Gasteiger partial charge on any atom is 0.335 e. The third-order valence-corrected chi connectivity index (χ3v) is 3.62. The highest BCUT2D eigenvalue weighted by molar-refractivity contribution is 7.99. The first-order valence-corrected chi connectivity index (χ1v) is 6.50. The Bertz CT molecular complexity index is 605. The van der Waals surface area contributed by atoms with Crippen LogP contribution in [0.4, 0.5) is 0 Å². The van der Waals surface area contributed by atoms with Crippen molar-refractivity contribution in [3.63, 3.8) is 0 Å². The number of carbonyl (C=O) groups is 1. The van der Waals surface area contributed by atoms with Gasteiger partial charge in [0.05, 0.1) is 23.8 Å². The molecule has 19 heavy (non-hydrogen) atoms. The first-order valence-electron chi connectivity index (χ1n) is 5.51. The lowest BCUT2D eigenvalue weighted by molar-refractivity contribution is 0.0697. The Morgan fingerprint density at radius 1 is 1.37 bits per heavy atom. The van der Waals surface area contributed by atoms with Crippen LogP contribution in [0.2, 0.25) is 0 Å². The number of carboxylic acids is 1. The van der Waals surface area contributed by atoms with Crippen molar-refractivity contribution in [2.24, 2.45) is 0 Å². The number of aromatic nitrogens is 2. The minimum atomic E-state index is -1.01. The van der Waals surface area contributed by atoms with Crippen LogP contribution in [0.1, 0.15) is 10.4 Å². The Balaban J connectivity index is 2.32. The molecule has 0 amide bonds. The van der Waals surface area contributed by atoms with Crippen molar-refractivity contribution >= 4 is 28.6 Å². The van der Waals surface area contributed by atoms with Gasteiger partial charge in [0.15, 0.2) is 0 Å². The molecule has 0 saturated carbocycles. The number of hydrogen-bond donors (Lipinski definition) is 3. The van der Waals surface area contributed by atoms with E-state index in [9.17, 15) is 9.90 Å². The normalized spacial score (nSPS) is 12.5. The van der Waals surface area contributed by atoms with Gasteiger partial charge in [-0.25, -0.2) is 14.8 Å². The van der Waals surface area contributed by atoms with E-state index >= 15 is 0 Å². The summed E-state index contributed by atoms with van der Waals surface area (Å²) in [4.78, 5) is 19.0. The van der Waals surface area contributed by atoms with Crippen LogP contribution >= 0.6 is 11.8 Å². The Labute approximate surface area is 113 Å². The quantitative estimate of drug-likeness (QED) is 0.549. The molecule has 100 valence electrons. The van der Waals surface area contributed by atoms with Gasteiger partial charge in [0.1, 0.15) is 11.4 Å². The molecule has 0 aliphatic carbocycles. The molecule has 7 heteroatoms. The first-order chi connectivity index (χ1) is 9.11. The van der Waals surface area contributed by atoms with Crippen molar-refractivity contribution in [1.82, 2.24) is 9.97 Å². The van der Waals surface area contributed by atoms with Crippen LogP contribution in [-0.4, -0.2) is 49.7 Å². The zero-order valence-corrected chi connectivity index (χ0v) is 10.7. The molecule has 1 aromatic carbocycles. The van der Waals surface area contributed by atoms with Crippen molar-refractivity contribution < 1.29 is 20.1 Å². The van der Waals surface area contributed by atoms with E-state index in [1.54, 1.807) is 6.07 Å². The Morgan fingerprint density at radius 2 is 2.16 bits per heavy atom. The highest BCUT2D eigenvalue weighted by Crippen LogP contribution is 2.25. The number of aliphatic hydroxyl groups is 2. The van der Waals surface area contributed by atoms with Gasteiger partial charge in [0.2, 0.25) is 0 Å². The molecule has 1 unspecified atom stereocenters. The first kappa shape index (κ1) is 13.7. The van der Waals surface area contributed by atoms with E-state index in [1.165, 1.54) is 30.2 Å². The third-order valence-electron chi connectivity index (χ3n) is 2.47. The number of carboxylic acid groups (broad SMARTS) is 1. The lowest BCUT2D eigenvalue weighted by Crippen LogP contribution is -2.14. The molecule has 2 rings (SSSR count). The number of hydrogen-bond acceptors (Lipinski definition) is 6. The van der Waals surface area contributed by atoms with Crippen LogP contribution in [0.25, 0.3) is 10.9 Å². The van der Waals surface area contributed by atoms with Gasteiger partial charge in [-0.3, -0.25) is 0 Å². The Morgan fingerprint density at radius 3 is 2.84 bits per heavy atom. The predicted molar refractivity (Wildman–Crippen MR) is 70.3 cm³/mol. The van der Waals surface area contributed by atoms with E-state index in [4.69, 9.17) is 10.2 Å². The third kappa shape index (κ3) is 3.19. The van der Waals surface area contributed by atoms with E-state index < -0.39 is 12.1 Å². The van der Waals surface area contributed by atoms with Crippen LogP contribution in [0.15, 0.2) is 29.6 Å². The SMILES string of the molecule is O=C(O)c1ccc2c(SCC(O)CO)ncnc2c1. The molecule has 1 atom stereocenters. The average Bonchev–Trinajstić information content (AvgIpc) is 2.43. The number of aliphatic hydroxyl groups excluding tert-OH is 2. The van der Waals surface area contributed by atoms with Gasteiger partial charge in [-0.1, -0.05) is 0 Å². The molecular formula is C12H12N2O4S. The fourth-order valence-corrected chi connectivity index (χ4v) is 2.41. The van der Waals surface area contributed by atoms with Crippen molar-refractivity contribution in [1.29, 1.82) is 0 Å². The van der Waals surface area contributed by atoms with Gasteiger partial charge >= 0.3 is 5.97 Å². The van der Waals surface area contributed by atoms with E-state index in [-0.39, 0.29) is 12.2 Å². The van der Waals surface area contributed by atoms with Crippen LogP contribution in [0.5, 0.6) is 0 Å². The minimum Gasteiger partial charge on any atom is -0.478 e. The monoisotopic (exact) mass is 280 g/mol. The second kappa shape index (κ2) is 5.96. The molecule has 2 aromatic rings. The topological polar surface area (TPSA) is 104 Å². The summed E-state index contributed by atoms with van der Waals surface area (Å²) in [6.07, 6.45) is 0.537. The van der Waals surface area contributed by atoms with E-state index in [2.05, 4.69) is 9.97 Å². The predicted octanol–water partition coefficient (Wildman–Crippen LogP) is 0.773. The number of thioether (sulfide) groups is 1. The van der Waals surface area contributed by atoms with Gasteiger partial charge in [-0.05, 0) is 18.2 Å². The summed E-state index contributed by atoms with van der Waals surface area (Å²) in [5.41, 5.74) is 0.702. The molecule has 0 spiro atoms. The van der Waals surface area contributed by atoms with Crippen LogP contribution < -0.4 is 0 Å². The summed E-state index contributed by atoms with van der Waals surface area (Å²) in [5.74, 6) is -0.700. The molecule has 0 aliphatic heterocycles. The largest absolute Gasteiger partial charge is 0.478 e. The standard InChI is InChI=1S/C12H12N2O4S/c15-4-8(16)5-19-11-9-2-1-7(12(17)18)3-10(9)13-6-14-11/h1-3,6,8,15-16H,4-5H2,(H,17,18). The minimum absolute atomic E-state index is 0.164. The Kier molecular flexibility index (Phi) is 4.31. The van der Waals surface area contributed by atoms with Gasteiger partial charge in [0, 0.05) is 11.1 Å². The Hall–Kier alpha value is -1.70. The molecule has 3 N–H and O–H groups in total. The van der Waals surface area contributed by atoms with E-state index in [1.807, 2.05) is 0 Å². The number of rotatable bonds is 5.